The number of ether oxygens (including phenoxy) is 3. The van der Waals surface area contributed by atoms with Crippen LogP contribution in [0.1, 0.15) is 20.3 Å². The fourth-order valence-corrected chi connectivity index (χ4v) is 1.16. The molecular weight excluding hydrogens is 210 g/mol. The zero-order chi connectivity index (χ0) is 12.4. The lowest BCUT2D eigenvalue weighted by Gasteiger charge is -2.13. The monoisotopic (exact) mass is 233 g/mol. The maximum absolute atomic E-state index is 11.3. The highest BCUT2D eigenvalue weighted by Gasteiger charge is 2.15. The quantitative estimate of drug-likeness (QED) is 0.465. The molecule has 0 aliphatic carbocycles. The highest BCUT2D eigenvalue weighted by Crippen LogP contribution is 2.03. The number of esters is 1. The van der Waals surface area contributed by atoms with Crippen LogP contribution in [-0.4, -0.2) is 45.5 Å². The summed E-state index contributed by atoms with van der Waals surface area (Å²) in [5.41, 5.74) is 5.65. The first-order chi connectivity index (χ1) is 7.57. The van der Waals surface area contributed by atoms with Gasteiger partial charge in [0.1, 0.15) is 12.6 Å². The summed E-state index contributed by atoms with van der Waals surface area (Å²) in [6, 6.07) is -0.529. The highest BCUT2D eigenvalue weighted by atomic mass is 16.6. The zero-order valence-electron chi connectivity index (χ0n) is 10.4. The van der Waals surface area contributed by atoms with Crippen LogP contribution in [0.4, 0.5) is 0 Å². The molecule has 2 N–H and O–H groups in total. The van der Waals surface area contributed by atoms with Gasteiger partial charge in [-0.3, -0.25) is 4.79 Å². The first kappa shape index (κ1) is 15.3. The van der Waals surface area contributed by atoms with Crippen LogP contribution in [-0.2, 0) is 19.0 Å². The third kappa shape index (κ3) is 8.64. The van der Waals surface area contributed by atoms with E-state index in [4.69, 9.17) is 19.9 Å². The molecule has 0 aromatic heterocycles. The van der Waals surface area contributed by atoms with Crippen molar-refractivity contribution in [2.75, 3.05) is 33.5 Å². The van der Waals surface area contributed by atoms with Gasteiger partial charge >= 0.3 is 5.97 Å². The molecule has 0 spiro atoms. The van der Waals surface area contributed by atoms with Gasteiger partial charge in [0.2, 0.25) is 0 Å². The summed E-state index contributed by atoms with van der Waals surface area (Å²) < 4.78 is 14.9. The van der Waals surface area contributed by atoms with Gasteiger partial charge in [-0.15, -0.1) is 0 Å². The van der Waals surface area contributed by atoms with Crippen LogP contribution in [0.5, 0.6) is 0 Å². The van der Waals surface area contributed by atoms with E-state index in [1.165, 1.54) is 0 Å². The number of carbonyl (C=O) groups is 1. The topological polar surface area (TPSA) is 70.8 Å². The lowest BCUT2D eigenvalue weighted by Crippen LogP contribution is -2.34. The van der Waals surface area contributed by atoms with Gasteiger partial charge in [-0.05, 0) is 12.3 Å². The van der Waals surface area contributed by atoms with E-state index in [1.54, 1.807) is 7.11 Å². The second kappa shape index (κ2) is 9.57. The lowest BCUT2D eigenvalue weighted by atomic mass is 10.1. The molecule has 1 unspecified atom stereocenters. The molecule has 5 heteroatoms. The SMILES string of the molecule is COCCOCCOC(=O)C(N)CC(C)C. The average Bonchev–Trinajstić information content (AvgIpc) is 2.21. The molecule has 0 radical (unpaired) electrons. The van der Waals surface area contributed by atoms with Crippen LogP contribution in [0.15, 0.2) is 0 Å². The van der Waals surface area contributed by atoms with Gasteiger partial charge in [-0.1, -0.05) is 13.8 Å². The largest absolute Gasteiger partial charge is 0.462 e. The second-order valence-electron chi connectivity index (χ2n) is 4.01. The Morgan fingerprint density at radius 2 is 1.81 bits per heavy atom. The van der Waals surface area contributed by atoms with Crippen molar-refractivity contribution in [3.05, 3.63) is 0 Å². The van der Waals surface area contributed by atoms with E-state index >= 15 is 0 Å². The lowest BCUT2D eigenvalue weighted by molar-refractivity contribution is -0.147. The summed E-state index contributed by atoms with van der Waals surface area (Å²) in [7, 11) is 1.61. The van der Waals surface area contributed by atoms with Crippen molar-refractivity contribution in [1.29, 1.82) is 0 Å². The van der Waals surface area contributed by atoms with E-state index in [-0.39, 0.29) is 12.6 Å². The molecule has 0 aromatic carbocycles. The van der Waals surface area contributed by atoms with Gasteiger partial charge in [-0.2, -0.15) is 0 Å². The van der Waals surface area contributed by atoms with Gasteiger partial charge in [-0.25, -0.2) is 0 Å². The fourth-order valence-electron chi connectivity index (χ4n) is 1.16. The third-order valence-electron chi connectivity index (χ3n) is 1.93. The van der Waals surface area contributed by atoms with Crippen LogP contribution >= 0.6 is 0 Å². The van der Waals surface area contributed by atoms with Crippen molar-refractivity contribution in [2.45, 2.75) is 26.3 Å². The molecule has 0 bridgehead atoms. The van der Waals surface area contributed by atoms with Crippen molar-refractivity contribution in [2.24, 2.45) is 11.7 Å². The summed E-state index contributed by atoms with van der Waals surface area (Å²) >= 11 is 0. The normalized spacial score (nSPS) is 12.8. The summed E-state index contributed by atoms with van der Waals surface area (Å²) in [6.07, 6.45) is 0.642. The molecule has 0 aromatic rings. The Morgan fingerprint density at radius 1 is 1.19 bits per heavy atom. The Kier molecular flexibility index (Phi) is 9.18. The number of nitrogens with two attached hydrogens (primary N) is 1. The number of hydrogen-bond acceptors (Lipinski definition) is 5. The van der Waals surface area contributed by atoms with E-state index in [0.717, 1.165) is 0 Å². The van der Waals surface area contributed by atoms with Crippen molar-refractivity contribution in [3.8, 4) is 0 Å². The molecule has 96 valence electrons. The molecule has 0 amide bonds. The molecule has 1 atom stereocenters. The summed E-state index contributed by atoms with van der Waals surface area (Å²) in [5, 5.41) is 0. The molecular formula is C11H23NO4. The van der Waals surface area contributed by atoms with Crippen LogP contribution < -0.4 is 5.73 Å². The molecule has 0 aliphatic rings. The van der Waals surface area contributed by atoms with E-state index in [9.17, 15) is 4.79 Å². The van der Waals surface area contributed by atoms with Crippen molar-refractivity contribution >= 4 is 5.97 Å². The van der Waals surface area contributed by atoms with Crippen LogP contribution in [0.3, 0.4) is 0 Å². The Morgan fingerprint density at radius 3 is 2.38 bits per heavy atom. The van der Waals surface area contributed by atoms with Gasteiger partial charge in [0, 0.05) is 7.11 Å². The molecule has 0 saturated heterocycles. The molecule has 0 aliphatic heterocycles. The Labute approximate surface area is 97.2 Å². The average molecular weight is 233 g/mol. The predicted octanol–water partition coefficient (Wildman–Crippen LogP) is 0.566. The van der Waals surface area contributed by atoms with Crippen molar-refractivity contribution < 1.29 is 19.0 Å². The van der Waals surface area contributed by atoms with Gasteiger partial charge in [0.15, 0.2) is 0 Å². The molecule has 0 fully saturated rings. The molecule has 5 nitrogen and oxygen atoms in total. The maximum atomic E-state index is 11.3. The van der Waals surface area contributed by atoms with Crippen LogP contribution in [0.25, 0.3) is 0 Å². The standard InChI is InChI=1S/C11H23NO4/c1-9(2)8-10(12)11(13)16-7-6-15-5-4-14-3/h9-10H,4-8,12H2,1-3H3. The summed E-state index contributed by atoms with van der Waals surface area (Å²) in [6.45, 7) is 5.70. The van der Waals surface area contributed by atoms with E-state index in [0.29, 0.717) is 32.2 Å². The van der Waals surface area contributed by atoms with Crippen molar-refractivity contribution in [1.82, 2.24) is 0 Å². The van der Waals surface area contributed by atoms with Gasteiger partial charge in [0.25, 0.3) is 0 Å². The van der Waals surface area contributed by atoms with Gasteiger partial charge < -0.3 is 19.9 Å². The Bertz CT molecular complexity index is 185. The van der Waals surface area contributed by atoms with Crippen LogP contribution in [0, 0.1) is 5.92 Å². The van der Waals surface area contributed by atoms with E-state index in [2.05, 4.69) is 0 Å². The third-order valence-corrected chi connectivity index (χ3v) is 1.93. The first-order valence-corrected chi connectivity index (χ1v) is 5.56. The molecule has 0 rings (SSSR count). The zero-order valence-corrected chi connectivity index (χ0v) is 10.4. The fraction of sp³-hybridized carbons (Fsp3) is 0.909. The predicted molar refractivity (Wildman–Crippen MR) is 61.1 cm³/mol. The number of rotatable bonds is 9. The minimum Gasteiger partial charge on any atom is -0.462 e. The van der Waals surface area contributed by atoms with Gasteiger partial charge in [0.05, 0.1) is 19.8 Å². The molecule has 0 heterocycles. The summed E-state index contributed by atoms with van der Waals surface area (Å²) in [4.78, 5) is 11.3. The maximum Gasteiger partial charge on any atom is 0.322 e. The van der Waals surface area contributed by atoms with E-state index in [1.807, 2.05) is 13.8 Å². The minimum atomic E-state index is -0.529. The Balaban J connectivity index is 3.42. The van der Waals surface area contributed by atoms with E-state index < -0.39 is 6.04 Å². The number of hydrogen-bond donors (Lipinski definition) is 1. The second-order valence-corrected chi connectivity index (χ2v) is 4.01. The highest BCUT2D eigenvalue weighted by molar-refractivity contribution is 5.75. The first-order valence-electron chi connectivity index (χ1n) is 5.56. The summed E-state index contributed by atoms with van der Waals surface area (Å²) in [5.74, 6) is 0.0320. The molecule has 0 saturated carbocycles. The number of methoxy groups -OCH3 is 1. The molecule has 16 heavy (non-hydrogen) atoms. The number of carbonyl (C=O) groups excluding carboxylic acids is 1. The Hall–Kier alpha value is -0.650. The van der Waals surface area contributed by atoms with Crippen molar-refractivity contribution in [3.63, 3.8) is 0 Å². The minimum absolute atomic E-state index is 0.244. The van der Waals surface area contributed by atoms with Crippen LogP contribution in [0.2, 0.25) is 0 Å². The smallest absolute Gasteiger partial charge is 0.322 e.